The lowest BCUT2D eigenvalue weighted by atomic mass is 10.1. The van der Waals surface area contributed by atoms with Gasteiger partial charge < -0.3 is 15.5 Å². The van der Waals surface area contributed by atoms with Crippen molar-refractivity contribution in [3.63, 3.8) is 0 Å². The van der Waals surface area contributed by atoms with Gasteiger partial charge in [-0.2, -0.15) is 0 Å². The molecule has 8 heteroatoms. The summed E-state index contributed by atoms with van der Waals surface area (Å²) in [5, 5.41) is 19.8. The molecule has 0 aliphatic carbocycles. The van der Waals surface area contributed by atoms with Crippen LogP contribution in [0.2, 0.25) is 0 Å². The molecule has 3 amide bonds. The first kappa shape index (κ1) is 15.6. The van der Waals surface area contributed by atoms with Crippen LogP contribution in [0.25, 0.3) is 0 Å². The highest BCUT2D eigenvalue weighted by molar-refractivity contribution is 6.22. The Balaban J connectivity index is 2.19. The van der Waals surface area contributed by atoms with Crippen LogP contribution in [0, 0.1) is 0 Å². The summed E-state index contributed by atoms with van der Waals surface area (Å²) in [5.41, 5.74) is 0.396. The summed E-state index contributed by atoms with van der Waals surface area (Å²) >= 11 is 0. The fourth-order valence-corrected chi connectivity index (χ4v) is 2.15. The van der Waals surface area contributed by atoms with Gasteiger partial charge in [-0.3, -0.25) is 19.3 Å². The number of nitrogens with one attached hydrogen (secondary N) is 1. The minimum Gasteiger partial charge on any atom is -0.480 e. The number of carboxylic acid groups (broad SMARTS) is 1. The molecule has 3 N–H and O–H groups in total. The summed E-state index contributed by atoms with van der Waals surface area (Å²) in [6.07, 6.45) is 0. The van der Waals surface area contributed by atoms with E-state index in [0.29, 0.717) is 0 Å². The number of aliphatic hydroxyl groups excluding tert-OH is 1. The van der Waals surface area contributed by atoms with Gasteiger partial charge in [0, 0.05) is 0 Å². The zero-order chi connectivity index (χ0) is 16.4. The maximum Gasteiger partial charge on any atom is 0.328 e. The number of amides is 3. The molecule has 1 aromatic carbocycles. The Hall–Kier alpha value is -2.74. The van der Waals surface area contributed by atoms with Gasteiger partial charge in [-0.1, -0.05) is 12.1 Å². The summed E-state index contributed by atoms with van der Waals surface area (Å²) in [4.78, 5) is 48.0. The normalized spacial score (nSPS) is 16.2. The fraction of sp³-hybridized carbons (Fsp3) is 0.286. The highest BCUT2D eigenvalue weighted by atomic mass is 16.4. The summed E-state index contributed by atoms with van der Waals surface area (Å²) in [6, 6.07) is 3.47. The third kappa shape index (κ3) is 2.56. The molecule has 0 saturated carbocycles. The first-order valence-corrected chi connectivity index (χ1v) is 6.49. The Morgan fingerprint density at radius 2 is 1.68 bits per heavy atom. The first-order chi connectivity index (χ1) is 10.4. The van der Waals surface area contributed by atoms with Gasteiger partial charge in [0.2, 0.25) is 5.91 Å². The molecule has 0 saturated heterocycles. The fourth-order valence-electron chi connectivity index (χ4n) is 2.15. The van der Waals surface area contributed by atoms with Crippen LogP contribution in [0.15, 0.2) is 24.3 Å². The summed E-state index contributed by atoms with van der Waals surface area (Å²) in [6.45, 7) is 0.517. The Labute approximate surface area is 125 Å². The zero-order valence-corrected chi connectivity index (χ0v) is 11.6. The van der Waals surface area contributed by atoms with Gasteiger partial charge in [-0.05, 0) is 19.1 Å². The highest BCUT2D eigenvalue weighted by Gasteiger charge is 2.41. The van der Waals surface area contributed by atoms with Crippen molar-refractivity contribution < 1.29 is 29.4 Å². The van der Waals surface area contributed by atoms with Crippen molar-refractivity contribution in [2.75, 3.05) is 6.61 Å². The molecule has 0 bridgehead atoms. The summed E-state index contributed by atoms with van der Waals surface area (Å²) < 4.78 is 0. The minimum atomic E-state index is -1.50. The van der Waals surface area contributed by atoms with Crippen LogP contribution >= 0.6 is 0 Å². The largest absolute Gasteiger partial charge is 0.480 e. The molecule has 2 atom stereocenters. The third-order valence-corrected chi connectivity index (χ3v) is 3.39. The molecule has 22 heavy (non-hydrogen) atoms. The molecular weight excluding hydrogens is 292 g/mol. The number of fused-ring (bicyclic) bond motifs is 1. The Morgan fingerprint density at radius 1 is 1.18 bits per heavy atom. The predicted octanol–water partition coefficient (Wildman–Crippen LogP) is -0.767. The van der Waals surface area contributed by atoms with E-state index in [2.05, 4.69) is 5.32 Å². The van der Waals surface area contributed by atoms with Gasteiger partial charge in [0.1, 0.15) is 12.1 Å². The molecule has 0 fully saturated rings. The van der Waals surface area contributed by atoms with Crippen molar-refractivity contribution >= 4 is 23.7 Å². The second-order valence-corrected chi connectivity index (χ2v) is 4.78. The quantitative estimate of drug-likeness (QED) is 0.614. The van der Waals surface area contributed by atoms with Crippen LogP contribution in [0.1, 0.15) is 27.6 Å². The molecule has 1 aromatic rings. The van der Waals surface area contributed by atoms with Crippen molar-refractivity contribution in [1.82, 2.24) is 10.2 Å². The van der Waals surface area contributed by atoms with Gasteiger partial charge in [0.25, 0.3) is 11.8 Å². The van der Waals surface area contributed by atoms with Gasteiger partial charge in [-0.15, -0.1) is 0 Å². The number of carbonyl (C=O) groups excluding carboxylic acids is 3. The molecule has 8 nitrogen and oxygen atoms in total. The van der Waals surface area contributed by atoms with E-state index in [1.165, 1.54) is 19.1 Å². The SMILES string of the molecule is CC(C(=O)NC(CO)C(=O)O)N1C(=O)c2ccccc2C1=O. The van der Waals surface area contributed by atoms with E-state index in [-0.39, 0.29) is 11.1 Å². The number of carbonyl (C=O) groups is 4. The van der Waals surface area contributed by atoms with E-state index in [4.69, 9.17) is 10.2 Å². The maximum atomic E-state index is 12.2. The Bertz CT molecular complexity index is 621. The Morgan fingerprint density at radius 3 is 2.09 bits per heavy atom. The van der Waals surface area contributed by atoms with Crippen LogP contribution in [-0.4, -0.2) is 57.5 Å². The number of hydrogen-bond donors (Lipinski definition) is 3. The van der Waals surface area contributed by atoms with Crippen LogP contribution < -0.4 is 5.32 Å². The Kier molecular flexibility index (Phi) is 4.22. The van der Waals surface area contributed by atoms with E-state index in [1.807, 2.05) is 0 Å². The van der Waals surface area contributed by atoms with Crippen molar-refractivity contribution in [2.24, 2.45) is 0 Å². The van der Waals surface area contributed by atoms with Crippen LogP contribution in [0.4, 0.5) is 0 Å². The topological polar surface area (TPSA) is 124 Å². The van der Waals surface area contributed by atoms with Crippen molar-refractivity contribution in [3.05, 3.63) is 35.4 Å². The van der Waals surface area contributed by atoms with Gasteiger partial charge in [0.05, 0.1) is 17.7 Å². The standard InChI is InChI=1S/C14H14N2O6/c1-7(11(18)15-10(6-17)14(21)22)16-12(19)8-4-2-3-5-9(8)13(16)20/h2-5,7,10,17H,6H2,1H3,(H,15,18)(H,21,22). The molecule has 1 heterocycles. The van der Waals surface area contributed by atoms with Crippen molar-refractivity contribution in [3.8, 4) is 0 Å². The molecular formula is C14H14N2O6. The van der Waals surface area contributed by atoms with Gasteiger partial charge >= 0.3 is 5.97 Å². The van der Waals surface area contributed by atoms with E-state index >= 15 is 0 Å². The average Bonchev–Trinajstić information content (AvgIpc) is 2.75. The molecule has 2 unspecified atom stereocenters. The third-order valence-electron chi connectivity index (χ3n) is 3.39. The molecule has 1 aliphatic rings. The van der Waals surface area contributed by atoms with Crippen molar-refractivity contribution in [2.45, 2.75) is 19.0 Å². The lowest BCUT2D eigenvalue weighted by Crippen LogP contribution is -2.53. The van der Waals surface area contributed by atoms with Crippen LogP contribution in [-0.2, 0) is 9.59 Å². The van der Waals surface area contributed by atoms with E-state index in [9.17, 15) is 19.2 Å². The van der Waals surface area contributed by atoms with Crippen LogP contribution in [0.5, 0.6) is 0 Å². The second kappa shape index (κ2) is 5.94. The summed E-state index contributed by atoms with van der Waals surface area (Å²) in [5.74, 6) is -3.47. The molecule has 116 valence electrons. The molecule has 0 radical (unpaired) electrons. The first-order valence-electron chi connectivity index (χ1n) is 6.49. The number of imide groups is 1. The average molecular weight is 306 g/mol. The van der Waals surface area contributed by atoms with Crippen LogP contribution in [0.3, 0.4) is 0 Å². The maximum absolute atomic E-state index is 12.2. The smallest absolute Gasteiger partial charge is 0.328 e. The number of benzene rings is 1. The van der Waals surface area contributed by atoms with Gasteiger partial charge in [0.15, 0.2) is 0 Å². The molecule has 2 rings (SSSR count). The number of rotatable bonds is 5. The van der Waals surface area contributed by atoms with Crippen molar-refractivity contribution in [1.29, 1.82) is 0 Å². The lowest BCUT2D eigenvalue weighted by Gasteiger charge is -2.23. The zero-order valence-electron chi connectivity index (χ0n) is 11.6. The van der Waals surface area contributed by atoms with E-state index in [1.54, 1.807) is 12.1 Å². The predicted molar refractivity (Wildman–Crippen MR) is 73.1 cm³/mol. The number of aliphatic hydroxyl groups is 1. The number of nitrogens with zero attached hydrogens (tertiary/aromatic N) is 1. The minimum absolute atomic E-state index is 0.198. The van der Waals surface area contributed by atoms with E-state index in [0.717, 1.165) is 4.90 Å². The second-order valence-electron chi connectivity index (χ2n) is 4.78. The monoisotopic (exact) mass is 306 g/mol. The number of carboxylic acids is 1. The highest BCUT2D eigenvalue weighted by Crippen LogP contribution is 2.24. The van der Waals surface area contributed by atoms with Gasteiger partial charge in [-0.25, -0.2) is 4.79 Å². The van der Waals surface area contributed by atoms with E-state index < -0.39 is 42.4 Å². The molecule has 0 aromatic heterocycles. The molecule has 0 spiro atoms. The number of hydrogen-bond acceptors (Lipinski definition) is 5. The summed E-state index contributed by atoms with van der Waals surface area (Å²) in [7, 11) is 0. The number of aliphatic carboxylic acids is 1. The molecule has 1 aliphatic heterocycles. The lowest BCUT2D eigenvalue weighted by molar-refractivity contribution is -0.143.